The second-order valence-electron chi connectivity index (χ2n) is 4.84. The van der Waals surface area contributed by atoms with E-state index in [0.717, 1.165) is 0 Å². The molecule has 0 saturated heterocycles. The monoisotopic (exact) mass is 391 g/mol. The summed E-state index contributed by atoms with van der Waals surface area (Å²) in [6.45, 7) is 4.00. The Bertz CT molecular complexity index is 707. The third-order valence-electron chi connectivity index (χ3n) is 2.57. The number of carbonyl (C=O) groups is 1. The molecule has 23 heavy (non-hydrogen) atoms. The molecule has 0 bridgehead atoms. The van der Waals surface area contributed by atoms with Gasteiger partial charge in [-0.25, -0.2) is 4.79 Å². The number of anilines is 2. The molecule has 0 atom stereocenters. The molecular weight excluding hydrogens is 377 g/mol. The largest absolute Gasteiger partial charge is 0.504 e. The zero-order valence-electron chi connectivity index (χ0n) is 12.3. The van der Waals surface area contributed by atoms with Gasteiger partial charge in [0.1, 0.15) is 4.21 Å². The molecule has 0 aliphatic carbocycles. The molecule has 0 saturated carbocycles. The van der Waals surface area contributed by atoms with E-state index in [1.807, 2.05) is 13.8 Å². The Hall–Kier alpha value is -1.12. The number of urea groups is 1. The first-order valence-corrected chi connectivity index (χ1v) is 9.08. The smallest absolute Gasteiger partial charge is 0.323 e. The van der Waals surface area contributed by atoms with E-state index in [-0.39, 0.29) is 16.8 Å². The normalized spacial score (nSPS) is 10.8. The van der Waals surface area contributed by atoms with Crippen LogP contribution < -0.4 is 15.4 Å². The predicted molar refractivity (Wildman–Crippen MR) is 99.2 cm³/mol. The molecule has 2 aromatic rings. The maximum Gasteiger partial charge on any atom is 0.323 e. The number of hydrogen-bond donors (Lipinski definition) is 4. The molecule has 1 heterocycles. The fourth-order valence-corrected chi connectivity index (χ4v) is 3.54. The highest BCUT2D eigenvalue weighted by atomic mass is 35.5. The molecule has 0 fully saturated rings. The Kier molecular flexibility index (Phi) is 6.43. The first-order chi connectivity index (χ1) is 10.9. The molecule has 2 amide bonds. The summed E-state index contributed by atoms with van der Waals surface area (Å²) in [6.07, 6.45) is 0. The zero-order valence-corrected chi connectivity index (χ0v) is 15.5. The fourth-order valence-electron chi connectivity index (χ4n) is 1.54. The summed E-state index contributed by atoms with van der Waals surface area (Å²) >= 11 is 14.6. The zero-order chi connectivity index (χ0) is 17.0. The quantitative estimate of drug-likeness (QED) is 0.514. The topological polar surface area (TPSA) is 73.4 Å². The third-order valence-corrected chi connectivity index (χ3v) is 5.65. The van der Waals surface area contributed by atoms with Crippen LogP contribution in [-0.2, 0) is 0 Å². The van der Waals surface area contributed by atoms with Gasteiger partial charge in [-0.2, -0.15) is 0 Å². The van der Waals surface area contributed by atoms with Crippen LogP contribution in [0.3, 0.4) is 0 Å². The predicted octanol–water partition coefficient (Wildman–Crippen LogP) is 5.41. The van der Waals surface area contributed by atoms with Crippen molar-refractivity contribution in [2.45, 2.75) is 24.1 Å². The van der Waals surface area contributed by atoms with Crippen LogP contribution in [0.4, 0.5) is 16.2 Å². The lowest BCUT2D eigenvalue weighted by Gasteiger charge is -2.09. The molecule has 0 radical (unpaired) electrons. The lowest BCUT2D eigenvalue weighted by molar-refractivity contribution is 0.262. The van der Waals surface area contributed by atoms with Gasteiger partial charge >= 0.3 is 6.03 Å². The van der Waals surface area contributed by atoms with Crippen LogP contribution in [0, 0.1) is 0 Å². The summed E-state index contributed by atoms with van der Waals surface area (Å²) < 4.78 is 3.81. The van der Waals surface area contributed by atoms with Crippen LogP contribution in [0.15, 0.2) is 27.8 Å². The van der Waals surface area contributed by atoms with Gasteiger partial charge in [-0.3, -0.25) is 4.72 Å². The lowest BCUT2D eigenvalue weighted by atomic mass is 10.3. The van der Waals surface area contributed by atoms with E-state index >= 15 is 0 Å². The average molecular weight is 392 g/mol. The minimum Gasteiger partial charge on any atom is -0.504 e. The molecule has 1 aromatic heterocycles. The van der Waals surface area contributed by atoms with Crippen LogP contribution in [0.2, 0.25) is 10.0 Å². The van der Waals surface area contributed by atoms with Crippen LogP contribution in [0.5, 0.6) is 5.75 Å². The summed E-state index contributed by atoms with van der Waals surface area (Å²) in [6, 6.07) is 4.69. The molecule has 1 aromatic carbocycles. The van der Waals surface area contributed by atoms with Crippen molar-refractivity contribution in [1.29, 1.82) is 0 Å². The Morgan fingerprint density at radius 1 is 1.26 bits per heavy atom. The average Bonchev–Trinajstić information content (AvgIpc) is 2.82. The SMILES string of the molecule is CC(C)NSc1scc(NC(=O)Nc2cccc(Cl)c2Cl)c1O. The number of nitrogens with one attached hydrogen (secondary N) is 3. The van der Waals surface area contributed by atoms with Gasteiger partial charge in [-0.05, 0) is 37.9 Å². The van der Waals surface area contributed by atoms with Gasteiger partial charge < -0.3 is 15.7 Å². The summed E-state index contributed by atoms with van der Waals surface area (Å²) in [5, 5.41) is 17.6. The summed E-state index contributed by atoms with van der Waals surface area (Å²) in [5.41, 5.74) is 0.723. The van der Waals surface area contributed by atoms with Gasteiger partial charge in [0.2, 0.25) is 0 Å². The molecule has 0 aliphatic rings. The summed E-state index contributed by atoms with van der Waals surface area (Å²) in [7, 11) is 0. The number of amides is 2. The molecule has 9 heteroatoms. The van der Waals surface area contributed by atoms with Gasteiger partial charge in [-0.1, -0.05) is 29.3 Å². The van der Waals surface area contributed by atoms with Crippen molar-refractivity contribution in [3.63, 3.8) is 0 Å². The molecule has 5 nitrogen and oxygen atoms in total. The maximum atomic E-state index is 12.0. The fraction of sp³-hybridized carbons (Fsp3) is 0.214. The van der Waals surface area contributed by atoms with Gasteiger partial charge in [0.05, 0.1) is 21.4 Å². The van der Waals surface area contributed by atoms with Crippen LogP contribution in [-0.4, -0.2) is 17.2 Å². The Morgan fingerprint density at radius 3 is 2.65 bits per heavy atom. The Morgan fingerprint density at radius 2 is 1.96 bits per heavy atom. The van der Waals surface area contributed by atoms with Gasteiger partial charge in [0, 0.05) is 11.4 Å². The molecule has 0 unspecified atom stereocenters. The van der Waals surface area contributed by atoms with Crippen molar-refractivity contribution < 1.29 is 9.90 Å². The van der Waals surface area contributed by atoms with E-state index < -0.39 is 6.03 Å². The number of carbonyl (C=O) groups excluding carboxylic acids is 1. The number of thiophene rings is 1. The van der Waals surface area contributed by atoms with Crippen molar-refractivity contribution in [3.8, 4) is 5.75 Å². The van der Waals surface area contributed by atoms with E-state index in [1.54, 1.807) is 23.6 Å². The Balaban J connectivity index is 2.02. The Labute approximate surface area is 152 Å². The second kappa shape index (κ2) is 8.12. The van der Waals surface area contributed by atoms with Gasteiger partial charge in [0.15, 0.2) is 5.75 Å². The van der Waals surface area contributed by atoms with Gasteiger partial charge in [0.25, 0.3) is 0 Å². The highest BCUT2D eigenvalue weighted by molar-refractivity contribution is 7.99. The van der Waals surface area contributed by atoms with Crippen molar-refractivity contribution >= 4 is 63.9 Å². The van der Waals surface area contributed by atoms with Gasteiger partial charge in [-0.15, -0.1) is 11.3 Å². The number of benzene rings is 1. The highest BCUT2D eigenvalue weighted by Crippen LogP contribution is 2.40. The molecule has 0 spiro atoms. The second-order valence-corrected chi connectivity index (χ2v) is 7.61. The minimum absolute atomic E-state index is 0.0282. The molecule has 0 aliphatic heterocycles. The molecule has 124 valence electrons. The van der Waals surface area contributed by atoms with E-state index in [0.29, 0.717) is 20.6 Å². The number of aromatic hydroxyl groups is 1. The van der Waals surface area contributed by atoms with Crippen molar-refractivity contribution in [3.05, 3.63) is 33.6 Å². The molecule has 4 N–H and O–H groups in total. The van der Waals surface area contributed by atoms with Crippen molar-refractivity contribution in [2.24, 2.45) is 0 Å². The number of hydrogen-bond acceptors (Lipinski definition) is 5. The van der Waals surface area contributed by atoms with Crippen LogP contribution >= 0.6 is 46.5 Å². The minimum atomic E-state index is -0.518. The first-order valence-electron chi connectivity index (χ1n) is 6.63. The van der Waals surface area contributed by atoms with E-state index in [1.165, 1.54) is 23.3 Å². The van der Waals surface area contributed by atoms with E-state index in [9.17, 15) is 9.90 Å². The summed E-state index contributed by atoms with van der Waals surface area (Å²) in [5.74, 6) is 0.0282. The molecule has 2 rings (SSSR count). The molecular formula is C14H15Cl2N3O2S2. The lowest BCUT2D eigenvalue weighted by Crippen LogP contribution is -2.19. The van der Waals surface area contributed by atoms with Crippen LogP contribution in [0.1, 0.15) is 13.8 Å². The third kappa shape index (κ3) is 4.92. The summed E-state index contributed by atoms with van der Waals surface area (Å²) in [4.78, 5) is 12.0. The maximum absolute atomic E-state index is 12.0. The van der Waals surface area contributed by atoms with Crippen molar-refractivity contribution in [1.82, 2.24) is 4.72 Å². The van der Waals surface area contributed by atoms with E-state index in [2.05, 4.69) is 15.4 Å². The standard InChI is InChI=1S/C14H15Cl2N3O2S2/c1-7(2)19-23-13-12(20)10(6-22-13)18-14(21)17-9-5-3-4-8(15)11(9)16/h3-7,19-20H,1-2H3,(H2,17,18,21). The van der Waals surface area contributed by atoms with Crippen molar-refractivity contribution in [2.75, 3.05) is 10.6 Å². The van der Waals surface area contributed by atoms with E-state index in [4.69, 9.17) is 23.2 Å². The van der Waals surface area contributed by atoms with Crippen LogP contribution in [0.25, 0.3) is 0 Å². The number of halogens is 2. The highest BCUT2D eigenvalue weighted by Gasteiger charge is 2.15. The first kappa shape index (κ1) is 18.2. The number of rotatable bonds is 5.